The smallest absolute Gasteiger partial charge is 0.136 e. The molecule has 0 spiro atoms. The highest BCUT2D eigenvalue weighted by Gasteiger charge is 2.24. The Morgan fingerprint density at radius 3 is 1.73 bits per heavy atom. The van der Waals surface area contributed by atoms with Crippen molar-refractivity contribution in [3.05, 3.63) is 146 Å². The standard InChI is InChI=1S/C42H24O2/c1-3-8-27-20-29(14-12-25(27)6-1)31-16-18-33-36-24-40-41(35-10-5-11-37(42(35)36)43-38(33)22-31)34-19-17-32(23-39(34)44-40)30-15-13-26-7-2-4-9-28(26)21-30/h1-24H. The maximum Gasteiger partial charge on any atom is 0.136 e. The molecule has 1 aliphatic heterocycles. The van der Waals surface area contributed by atoms with Crippen LogP contribution in [0.15, 0.2) is 150 Å². The third kappa shape index (κ3) is 3.43. The van der Waals surface area contributed by atoms with Gasteiger partial charge in [-0.2, -0.15) is 0 Å². The number of furan rings is 1. The molecule has 0 unspecified atom stereocenters. The Kier molecular flexibility index (Phi) is 4.75. The Balaban J connectivity index is 1.14. The van der Waals surface area contributed by atoms with Crippen molar-refractivity contribution in [2.24, 2.45) is 0 Å². The lowest BCUT2D eigenvalue weighted by Crippen LogP contribution is -1.97. The molecule has 8 aromatic carbocycles. The van der Waals surface area contributed by atoms with Crippen LogP contribution in [-0.4, -0.2) is 0 Å². The van der Waals surface area contributed by atoms with E-state index in [4.69, 9.17) is 9.15 Å². The van der Waals surface area contributed by atoms with Crippen molar-refractivity contribution >= 4 is 54.3 Å². The Labute approximate surface area is 253 Å². The number of ether oxygens (including phenoxy) is 1. The first kappa shape index (κ1) is 23.7. The van der Waals surface area contributed by atoms with Crippen LogP contribution in [0.4, 0.5) is 0 Å². The summed E-state index contributed by atoms with van der Waals surface area (Å²) in [5.74, 6) is 1.74. The van der Waals surface area contributed by atoms with Gasteiger partial charge in [0.25, 0.3) is 0 Å². The predicted molar refractivity (Wildman–Crippen MR) is 183 cm³/mol. The minimum absolute atomic E-state index is 0.865. The van der Waals surface area contributed by atoms with Crippen LogP contribution in [-0.2, 0) is 0 Å². The van der Waals surface area contributed by atoms with Crippen molar-refractivity contribution in [1.82, 2.24) is 0 Å². The fourth-order valence-electron chi connectivity index (χ4n) is 7.06. The van der Waals surface area contributed by atoms with Gasteiger partial charge >= 0.3 is 0 Å². The first-order valence-corrected chi connectivity index (χ1v) is 15.0. The molecule has 0 N–H and O–H groups in total. The van der Waals surface area contributed by atoms with E-state index in [0.717, 1.165) is 66.5 Å². The molecule has 2 heterocycles. The van der Waals surface area contributed by atoms with Crippen molar-refractivity contribution in [2.45, 2.75) is 0 Å². The zero-order valence-electron chi connectivity index (χ0n) is 23.7. The fourth-order valence-corrected chi connectivity index (χ4v) is 7.06. The van der Waals surface area contributed by atoms with Crippen LogP contribution in [0.2, 0.25) is 0 Å². The summed E-state index contributed by atoms with van der Waals surface area (Å²) in [5.41, 5.74) is 8.64. The number of hydrogen-bond acceptors (Lipinski definition) is 2. The van der Waals surface area contributed by atoms with Gasteiger partial charge in [0.15, 0.2) is 0 Å². The molecule has 0 bridgehead atoms. The SMILES string of the molecule is c1ccc2cc(-c3ccc4c(c3)Oc3cccc5c3c-4cc3oc4cc(-c6ccc7ccccc7c6)ccc4c35)ccc2c1. The maximum atomic E-state index is 6.62. The van der Waals surface area contributed by atoms with E-state index < -0.39 is 0 Å². The Morgan fingerprint density at radius 1 is 0.341 bits per heavy atom. The van der Waals surface area contributed by atoms with Crippen LogP contribution in [0, 0.1) is 0 Å². The summed E-state index contributed by atoms with van der Waals surface area (Å²) in [5, 5.41) is 9.48. The molecule has 1 aromatic heterocycles. The second-order valence-electron chi connectivity index (χ2n) is 11.7. The van der Waals surface area contributed by atoms with Gasteiger partial charge in [-0.15, -0.1) is 0 Å². The third-order valence-electron chi connectivity index (χ3n) is 9.21. The van der Waals surface area contributed by atoms with Crippen molar-refractivity contribution in [3.63, 3.8) is 0 Å². The van der Waals surface area contributed by atoms with Crippen LogP contribution >= 0.6 is 0 Å². The minimum atomic E-state index is 0.865. The van der Waals surface area contributed by atoms with Crippen LogP contribution in [0.25, 0.3) is 87.6 Å². The molecular weight excluding hydrogens is 536 g/mol. The van der Waals surface area contributed by atoms with E-state index in [1.165, 1.54) is 32.7 Å². The Hall–Kier alpha value is -5.86. The molecular formula is C42H24O2. The summed E-state index contributed by atoms with van der Waals surface area (Å²) < 4.78 is 13.2. The third-order valence-corrected chi connectivity index (χ3v) is 9.21. The zero-order chi connectivity index (χ0) is 28.8. The number of hydrogen-bond donors (Lipinski definition) is 0. The summed E-state index contributed by atoms with van der Waals surface area (Å²) in [6.45, 7) is 0. The lowest BCUT2D eigenvalue weighted by molar-refractivity contribution is 0.487. The quantitative estimate of drug-likeness (QED) is 0.210. The van der Waals surface area contributed by atoms with Crippen LogP contribution < -0.4 is 4.74 Å². The minimum Gasteiger partial charge on any atom is -0.456 e. The molecule has 44 heavy (non-hydrogen) atoms. The number of rotatable bonds is 2. The monoisotopic (exact) mass is 560 g/mol. The van der Waals surface area contributed by atoms with Gasteiger partial charge < -0.3 is 9.15 Å². The molecule has 2 nitrogen and oxygen atoms in total. The second kappa shape index (κ2) is 8.82. The average Bonchev–Trinajstić information content (AvgIpc) is 3.45. The molecule has 0 fully saturated rings. The van der Waals surface area contributed by atoms with Crippen LogP contribution in [0.5, 0.6) is 11.5 Å². The average molecular weight is 561 g/mol. The van der Waals surface area contributed by atoms with Gasteiger partial charge in [0.2, 0.25) is 0 Å². The van der Waals surface area contributed by atoms with Gasteiger partial charge in [-0.25, -0.2) is 0 Å². The summed E-state index contributed by atoms with van der Waals surface area (Å²) >= 11 is 0. The maximum absolute atomic E-state index is 6.62. The predicted octanol–water partition coefficient (Wildman–Crippen LogP) is 12.2. The van der Waals surface area contributed by atoms with E-state index in [0.29, 0.717) is 0 Å². The first-order chi connectivity index (χ1) is 21.8. The van der Waals surface area contributed by atoms with E-state index in [9.17, 15) is 0 Å². The van der Waals surface area contributed by atoms with E-state index >= 15 is 0 Å². The van der Waals surface area contributed by atoms with Crippen molar-refractivity contribution < 1.29 is 9.15 Å². The van der Waals surface area contributed by atoms with Gasteiger partial charge in [0.05, 0.1) is 0 Å². The molecule has 0 amide bonds. The molecule has 0 aliphatic carbocycles. The van der Waals surface area contributed by atoms with Gasteiger partial charge in [-0.05, 0) is 97.7 Å². The summed E-state index contributed by atoms with van der Waals surface area (Å²) in [7, 11) is 0. The molecule has 0 radical (unpaired) electrons. The van der Waals surface area contributed by atoms with Gasteiger partial charge in [-0.1, -0.05) is 97.1 Å². The highest BCUT2D eigenvalue weighted by Crippen LogP contribution is 2.51. The summed E-state index contributed by atoms with van der Waals surface area (Å²) in [6, 6.07) is 51.9. The Morgan fingerprint density at radius 2 is 0.977 bits per heavy atom. The topological polar surface area (TPSA) is 22.4 Å². The molecule has 0 saturated heterocycles. The zero-order valence-corrected chi connectivity index (χ0v) is 23.7. The van der Waals surface area contributed by atoms with E-state index in [1.807, 2.05) is 0 Å². The van der Waals surface area contributed by atoms with Gasteiger partial charge in [0, 0.05) is 27.3 Å². The van der Waals surface area contributed by atoms with E-state index in [1.54, 1.807) is 0 Å². The number of fused-ring (bicyclic) bond motifs is 8. The molecule has 0 saturated carbocycles. The lowest BCUT2D eigenvalue weighted by Gasteiger charge is -2.22. The molecule has 1 aliphatic rings. The lowest BCUT2D eigenvalue weighted by atomic mass is 9.90. The van der Waals surface area contributed by atoms with E-state index in [2.05, 4.69) is 146 Å². The fraction of sp³-hybridized carbons (Fsp3) is 0. The van der Waals surface area contributed by atoms with Crippen molar-refractivity contribution in [2.75, 3.05) is 0 Å². The van der Waals surface area contributed by atoms with E-state index in [-0.39, 0.29) is 0 Å². The highest BCUT2D eigenvalue weighted by molar-refractivity contribution is 6.24. The highest BCUT2D eigenvalue weighted by atomic mass is 16.5. The summed E-state index contributed by atoms with van der Waals surface area (Å²) in [6.07, 6.45) is 0. The molecule has 204 valence electrons. The molecule has 9 aromatic rings. The van der Waals surface area contributed by atoms with Crippen LogP contribution in [0.3, 0.4) is 0 Å². The molecule has 0 atom stereocenters. The normalized spacial score (nSPS) is 12.3. The van der Waals surface area contributed by atoms with Gasteiger partial charge in [-0.3, -0.25) is 0 Å². The molecule has 2 heteroatoms. The second-order valence-corrected chi connectivity index (χ2v) is 11.7. The van der Waals surface area contributed by atoms with Crippen LogP contribution in [0.1, 0.15) is 0 Å². The van der Waals surface area contributed by atoms with Crippen molar-refractivity contribution in [3.8, 4) is 44.9 Å². The Bertz CT molecular complexity index is 2640. The number of benzene rings is 8. The largest absolute Gasteiger partial charge is 0.456 e. The van der Waals surface area contributed by atoms with Crippen molar-refractivity contribution in [1.29, 1.82) is 0 Å². The van der Waals surface area contributed by atoms with Gasteiger partial charge in [0.1, 0.15) is 22.7 Å². The summed E-state index contributed by atoms with van der Waals surface area (Å²) in [4.78, 5) is 0. The molecule has 10 rings (SSSR count). The first-order valence-electron chi connectivity index (χ1n) is 15.0.